The molecule has 0 unspecified atom stereocenters. The Morgan fingerprint density at radius 2 is 1.85 bits per heavy atom. The molecule has 0 aliphatic rings. The van der Waals surface area contributed by atoms with Gasteiger partial charge in [-0.25, -0.2) is 8.42 Å². The molecule has 0 heterocycles. The number of hydrogen-bond acceptors (Lipinski definition) is 5. The topological polar surface area (TPSA) is 110 Å². The highest BCUT2D eigenvalue weighted by Crippen LogP contribution is 2.25. The maximum atomic E-state index is 12.7. The normalized spacial score (nSPS) is 11.4. The molecule has 2 aromatic rings. The summed E-state index contributed by atoms with van der Waals surface area (Å²) in [6, 6.07) is 10.4. The third kappa shape index (κ3) is 4.90. The van der Waals surface area contributed by atoms with E-state index < -0.39 is 27.4 Å². The second-order valence-electron chi connectivity index (χ2n) is 5.64. The van der Waals surface area contributed by atoms with Crippen LogP contribution < -0.4 is 5.32 Å². The zero-order chi connectivity index (χ0) is 20.2. The maximum absolute atomic E-state index is 12.7. The van der Waals surface area contributed by atoms with Gasteiger partial charge in [-0.15, -0.1) is 0 Å². The van der Waals surface area contributed by atoms with E-state index in [1.807, 2.05) is 0 Å². The van der Waals surface area contributed by atoms with Crippen molar-refractivity contribution in [3.05, 3.63) is 62.6 Å². The minimum Gasteiger partial charge on any atom is -0.324 e. The first kappa shape index (κ1) is 21.0. The minimum absolute atomic E-state index is 0.0758. The Bertz CT molecular complexity index is 961. The van der Waals surface area contributed by atoms with Crippen molar-refractivity contribution in [1.29, 1.82) is 0 Å². The number of rotatable bonds is 7. The third-order valence-electron chi connectivity index (χ3n) is 3.90. The van der Waals surface area contributed by atoms with E-state index in [1.54, 1.807) is 19.1 Å². The summed E-state index contributed by atoms with van der Waals surface area (Å²) >= 11 is 3.25. The van der Waals surface area contributed by atoms with Crippen molar-refractivity contribution in [2.45, 2.75) is 18.7 Å². The Kier molecular flexibility index (Phi) is 6.68. The van der Waals surface area contributed by atoms with Gasteiger partial charge in [0.25, 0.3) is 5.69 Å². The fraction of sp³-hybridized carbons (Fsp3) is 0.235. The van der Waals surface area contributed by atoms with Gasteiger partial charge in [-0.1, -0.05) is 28.9 Å². The van der Waals surface area contributed by atoms with E-state index in [0.29, 0.717) is 5.56 Å². The third-order valence-corrected chi connectivity index (χ3v) is 6.36. The van der Waals surface area contributed by atoms with Gasteiger partial charge in [0, 0.05) is 17.1 Å². The van der Waals surface area contributed by atoms with Gasteiger partial charge in [-0.3, -0.25) is 14.9 Å². The molecule has 144 valence electrons. The Labute approximate surface area is 165 Å². The van der Waals surface area contributed by atoms with Crippen molar-refractivity contribution in [3.63, 3.8) is 0 Å². The molecule has 10 heteroatoms. The van der Waals surface area contributed by atoms with Crippen LogP contribution in [0.5, 0.6) is 0 Å². The number of halogens is 1. The van der Waals surface area contributed by atoms with Crippen molar-refractivity contribution in [1.82, 2.24) is 4.31 Å². The number of carbonyl (C=O) groups is 1. The van der Waals surface area contributed by atoms with Crippen LogP contribution in [0.2, 0.25) is 0 Å². The lowest BCUT2D eigenvalue weighted by molar-refractivity contribution is -0.385. The summed E-state index contributed by atoms with van der Waals surface area (Å²) in [5.41, 5.74) is 0.448. The number of anilines is 1. The Balaban J connectivity index is 2.19. The molecule has 0 aliphatic heterocycles. The zero-order valence-electron chi connectivity index (χ0n) is 14.7. The Morgan fingerprint density at radius 3 is 2.41 bits per heavy atom. The monoisotopic (exact) mass is 455 g/mol. The first-order valence-electron chi connectivity index (χ1n) is 7.96. The number of sulfonamides is 1. The van der Waals surface area contributed by atoms with Gasteiger partial charge in [0.05, 0.1) is 27.6 Å². The second-order valence-corrected chi connectivity index (χ2v) is 8.49. The fourth-order valence-corrected chi connectivity index (χ4v) is 4.10. The number of amides is 1. The van der Waals surface area contributed by atoms with Crippen LogP contribution in [0, 0.1) is 17.0 Å². The smallest absolute Gasteiger partial charge is 0.274 e. The molecule has 0 bridgehead atoms. The molecule has 2 rings (SSSR count). The predicted molar refractivity (Wildman–Crippen MR) is 105 cm³/mol. The fourth-order valence-electron chi connectivity index (χ4n) is 2.43. The highest BCUT2D eigenvalue weighted by molar-refractivity contribution is 9.10. The first-order chi connectivity index (χ1) is 12.7. The van der Waals surface area contributed by atoms with Crippen molar-refractivity contribution in [2.75, 3.05) is 18.4 Å². The molecular weight excluding hydrogens is 438 g/mol. The van der Waals surface area contributed by atoms with Crippen LogP contribution in [0.15, 0.2) is 51.8 Å². The minimum atomic E-state index is -3.84. The summed E-state index contributed by atoms with van der Waals surface area (Å²) in [6.45, 7) is 2.84. The van der Waals surface area contributed by atoms with Gasteiger partial charge in [0.1, 0.15) is 0 Å². The lowest BCUT2D eigenvalue weighted by Gasteiger charge is -2.20. The molecule has 8 nitrogen and oxygen atoms in total. The van der Waals surface area contributed by atoms with E-state index in [1.165, 1.54) is 37.3 Å². The van der Waals surface area contributed by atoms with E-state index >= 15 is 0 Å². The van der Waals surface area contributed by atoms with E-state index in [-0.39, 0.29) is 22.8 Å². The van der Waals surface area contributed by atoms with Crippen LogP contribution in [0.25, 0.3) is 0 Å². The van der Waals surface area contributed by atoms with Crippen molar-refractivity contribution in [2.24, 2.45) is 0 Å². The molecule has 0 saturated heterocycles. The molecule has 1 N–H and O–H groups in total. The maximum Gasteiger partial charge on any atom is 0.274 e. The molecule has 0 fully saturated rings. The molecule has 0 aromatic heterocycles. The Morgan fingerprint density at radius 1 is 1.22 bits per heavy atom. The van der Waals surface area contributed by atoms with Crippen molar-refractivity contribution < 1.29 is 18.1 Å². The summed E-state index contributed by atoms with van der Waals surface area (Å²) in [7, 11) is -3.84. The average Bonchev–Trinajstić information content (AvgIpc) is 2.61. The lowest BCUT2D eigenvalue weighted by Crippen LogP contribution is -2.37. The summed E-state index contributed by atoms with van der Waals surface area (Å²) in [4.78, 5) is 22.9. The summed E-state index contributed by atoms with van der Waals surface area (Å²) < 4.78 is 27.2. The number of nitrogens with one attached hydrogen (secondary N) is 1. The standard InChI is InChI=1S/C17H18BrN3O5S/c1-3-20(27(25,26)14-9-7-13(18)8-10-14)11-17(22)19-15-5-4-6-16(12(15)2)21(23)24/h4-10H,3,11H2,1-2H3,(H,19,22). The molecule has 0 spiro atoms. The number of benzene rings is 2. The van der Waals surface area contributed by atoms with Gasteiger partial charge in [-0.05, 0) is 37.3 Å². The summed E-state index contributed by atoms with van der Waals surface area (Å²) in [5.74, 6) is -0.582. The first-order valence-corrected chi connectivity index (χ1v) is 10.2. The molecular formula is C17H18BrN3O5S. The van der Waals surface area contributed by atoms with E-state index in [0.717, 1.165) is 8.78 Å². The summed E-state index contributed by atoms with van der Waals surface area (Å²) in [5, 5.41) is 13.5. The number of nitrogens with zero attached hydrogens (tertiary/aromatic N) is 2. The van der Waals surface area contributed by atoms with Gasteiger partial charge in [0.15, 0.2) is 0 Å². The largest absolute Gasteiger partial charge is 0.324 e. The number of nitro benzene ring substituents is 1. The highest BCUT2D eigenvalue weighted by Gasteiger charge is 2.25. The summed E-state index contributed by atoms with van der Waals surface area (Å²) in [6.07, 6.45) is 0. The van der Waals surface area contributed by atoms with Gasteiger partial charge < -0.3 is 5.32 Å². The molecule has 1 amide bonds. The number of carbonyl (C=O) groups excluding carboxylic acids is 1. The molecule has 27 heavy (non-hydrogen) atoms. The van der Waals surface area contributed by atoms with Gasteiger partial charge in [-0.2, -0.15) is 4.31 Å². The average molecular weight is 456 g/mol. The number of nitro groups is 1. The van der Waals surface area contributed by atoms with Crippen molar-refractivity contribution in [3.8, 4) is 0 Å². The molecule has 0 atom stereocenters. The van der Waals surface area contributed by atoms with E-state index in [4.69, 9.17) is 0 Å². The van der Waals surface area contributed by atoms with Crippen LogP contribution in [-0.4, -0.2) is 36.6 Å². The molecule has 2 aromatic carbocycles. The Hall–Kier alpha value is -2.30. The highest BCUT2D eigenvalue weighted by atomic mass is 79.9. The predicted octanol–water partition coefficient (Wildman–Crippen LogP) is 3.32. The zero-order valence-corrected chi connectivity index (χ0v) is 17.1. The van der Waals surface area contributed by atoms with Crippen LogP contribution in [0.4, 0.5) is 11.4 Å². The van der Waals surface area contributed by atoms with Gasteiger partial charge >= 0.3 is 0 Å². The molecule has 0 radical (unpaired) electrons. The number of hydrogen-bond donors (Lipinski definition) is 1. The SMILES string of the molecule is CCN(CC(=O)Nc1cccc([N+](=O)[O-])c1C)S(=O)(=O)c1ccc(Br)cc1. The van der Waals surface area contributed by atoms with Crippen molar-refractivity contribution >= 4 is 43.2 Å². The van der Waals surface area contributed by atoms with Crippen LogP contribution in [0.3, 0.4) is 0 Å². The second kappa shape index (κ2) is 8.59. The van der Waals surface area contributed by atoms with E-state index in [2.05, 4.69) is 21.2 Å². The van der Waals surface area contributed by atoms with Crippen LogP contribution >= 0.6 is 15.9 Å². The van der Waals surface area contributed by atoms with Gasteiger partial charge in [0.2, 0.25) is 15.9 Å². The van der Waals surface area contributed by atoms with Crippen LogP contribution in [0.1, 0.15) is 12.5 Å². The molecule has 0 saturated carbocycles. The number of likely N-dealkylation sites (N-methyl/N-ethyl adjacent to an activating group) is 1. The molecule has 0 aliphatic carbocycles. The van der Waals surface area contributed by atoms with Crippen LogP contribution in [-0.2, 0) is 14.8 Å². The quantitative estimate of drug-likeness (QED) is 0.508. The van der Waals surface area contributed by atoms with E-state index in [9.17, 15) is 23.3 Å². The lowest BCUT2D eigenvalue weighted by atomic mass is 10.1.